The molecule has 1 saturated heterocycles. The minimum Gasteiger partial charge on any atom is -0.316 e. The summed E-state index contributed by atoms with van der Waals surface area (Å²) in [6, 6.07) is 5.35. The fourth-order valence-electron chi connectivity index (χ4n) is 2.31. The van der Waals surface area contributed by atoms with Crippen LogP contribution in [0.2, 0.25) is 0 Å². The smallest absolute Gasteiger partial charge is 0.123 e. The van der Waals surface area contributed by atoms with Crippen molar-refractivity contribution in [3.8, 4) is 0 Å². The standard InChI is InChI=1S/C13H19FN2/c1-15-9-11-6-12(8-13(14)7-11)10-16-4-2-3-5-16/h6-8,15H,2-5,9-10H2,1H3. The summed E-state index contributed by atoms with van der Waals surface area (Å²) >= 11 is 0. The second-order valence-corrected chi connectivity index (χ2v) is 4.48. The molecule has 0 aromatic heterocycles. The maximum absolute atomic E-state index is 13.4. The van der Waals surface area contributed by atoms with E-state index < -0.39 is 0 Å². The molecule has 1 aliphatic rings. The zero-order chi connectivity index (χ0) is 11.4. The van der Waals surface area contributed by atoms with Crippen LogP contribution in [-0.2, 0) is 13.1 Å². The monoisotopic (exact) mass is 222 g/mol. The van der Waals surface area contributed by atoms with Gasteiger partial charge in [-0.25, -0.2) is 4.39 Å². The number of hydrogen-bond donors (Lipinski definition) is 1. The van der Waals surface area contributed by atoms with Crippen LogP contribution in [0, 0.1) is 5.82 Å². The van der Waals surface area contributed by atoms with Crippen molar-refractivity contribution in [2.24, 2.45) is 0 Å². The molecule has 1 aromatic carbocycles. The highest BCUT2D eigenvalue weighted by molar-refractivity contribution is 5.24. The number of benzene rings is 1. The van der Waals surface area contributed by atoms with Crippen molar-refractivity contribution in [1.82, 2.24) is 10.2 Å². The van der Waals surface area contributed by atoms with Gasteiger partial charge in [-0.3, -0.25) is 4.90 Å². The van der Waals surface area contributed by atoms with Crippen LogP contribution in [0.5, 0.6) is 0 Å². The Morgan fingerprint density at radius 3 is 2.56 bits per heavy atom. The van der Waals surface area contributed by atoms with Gasteiger partial charge in [-0.1, -0.05) is 6.07 Å². The van der Waals surface area contributed by atoms with Crippen molar-refractivity contribution < 1.29 is 4.39 Å². The van der Waals surface area contributed by atoms with Gasteiger partial charge in [-0.2, -0.15) is 0 Å². The Labute approximate surface area is 96.5 Å². The van der Waals surface area contributed by atoms with Crippen molar-refractivity contribution >= 4 is 0 Å². The molecular weight excluding hydrogens is 203 g/mol. The molecular formula is C13H19FN2. The third-order valence-corrected chi connectivity index (χ3v) is 3.00. The third-order valence-electron chi connectivity index (χ3n) is 3.00. The molecule has 3 heteroatoms. The Bertz CT molecular complexity index is 346. The Balaban J connectivity index is 2.06. The topological polar surface area (TPSA) is 15.3 Å². The normalized spacial score (nSPS) is 16.9. The van der Waals surface area contributed by atoms with Crippen molar-refractivity contribution in [1.29, 1.82) is 0 Å². The van der Waals surface area contributed by atoms with E-state index in [0.717, 1.165) is 37.3 Å². The van der Waals surface area contributed by atoms with Crippen LogP contribution >= 0.6 is 0 Å². The number of nitrogens with zero attached hydrogens (tertiary/aromatic N) is 1. The molecule has 1 aromatic rings. The van der Waals surface area contributed by atoms with E-state index in [1.165, 1.54) is 12.8 Å². The lowest BCUT2D eigenvalue weighted by Crippen LogP contribution is -2.18. The van der Waals surface area contributed by atoms with E-state index in [0.29, 0.717) is 0 Å². The van der Waals surface area contributed by atoms with Gasteiger partial charge in [-0.05, 0) is 56.2 Å². The maximum Gasteiger partial charge on any atom is 0.123 e. The van der Waals surface area contributed by atoms with Crippen LogP contribution in [0.4, 0.5) is 4.39 Å². The van der Waals surface area contributed by atoms with Gasteiger partial charge < -0.3 is 5.32 Å². The molecule has 0 saturated carbocycles. The van der Waals surface area contributed by atoms with Crippen molar-refractivity contribution in [3.05, 3.63) is 35.1 Å². The molecule has 0 amide bonds. The molecule has 0 bridgehead atoms. The largest absolute Gasteiger partial charge is 0.316 e. The van der Waals surface area contributed by atoms with E-state index in [1.54, 1.807) is 12.1 Å². The summed E-state index contributed by atoms with van der Waals surface area (Å²) in [5.41, 5.74) is 2.11. The lowest BCUT2D eigenvalue weighted by molar-refractivity contribution is 0.330. The number of likely N-dealkylation sites (tertiary alicyclic amines) is 1. The highest BCUT2D eigenvalue weighted by atomic mass is 19.1. The predicted octanol–water partition coefficient (Wildman–Crippen LogP) is 2.14. The molecule has 1 aliphatic heterocycles. The molecule has 1 N–H and O–H groups in total. The molecule has 88 valence electrons. The molecule has 0 aliphatic carbocycles. The Morgan fingerprint density at radius 1 is 1.19 bits per heavy atom. The fourth-order valence-corrected chi connectivity index (χ4v) is 2.31. The summed E-state index contributed by atoms with van der Waals surface area (Å²) in [5, 5.41) is 3.05. The average Bonchev–Trinajstić information content (AvgIpc) is 2.70. The van der Waals surface area contributed by atoms with Crippen LogP contribution in [-0.4, -0.2) is 25.0 Å². The first-order chi connectivity index (χ1) is 7.78. The quantitative estimate of drug-likeness (QED) is 0.839. The van der Waals surface area contributed by atoms with Crippen molar-refractivity contribution in [3.63, 3.8) is 0 Å². The molecule has 1 fully saturated rings. The summed E-state index contributed by atoms with van der Waals surface area (Å²) in [6.07, 6.45) is 2.55. The lowest BCUT2D eigenvalue weighted by atomic mass is 10.1. The molecule has 2 rings (SSSR count). The number of nitrogens with one attached hydrogen (secondary N) is 1. The first-order valence-corrected chi connectivity index (χ1v) is 5.93. The molecule has 0 spiro atoms. The first kappa shape index (κ1) is 11.6. The molecule has 0 radical (unpaired) electrons. The minimum absolute atomic E-state index is 0.123. The van der Waals surface area contributed by atoms with Gasteiger partial charge in [0.25, 0.3) is 0 Å². The van der Waals surface area contributed by atoms with Gasteiger partial charge in [0.2, 0.25) is 0 Å². The van der Waals surface area contributed by atoms with Gasteiger partial charge in [0.1, 0.15) is 5.82 Å². The zero-order valence-corrected chi connectivity index (χ0v) is 9.80. The van der Waals surface area contributed by atoms with Crippen molar-refractivity contribution in [2.75, 3.05) is 20.1 Å². The van der Waals surface area contributed by atoms with Gasteiger partial charge in [-0.15, -0.1) is 0 Å². The first-order valence-electron chi connectivity index (χ1n) is 5.93. The fraction of sp³-hybridized carbons (Fsp3) is 0.538. The number of hydrogen-bond acceptors (Lipinski definition) is 2. The van der Waals surface area contributed by atoms with Crippen LogP contribution in [0.25, 0.3) is 0 Å². The second-order valence-electron chi connectivity index (χ2n) is 4.48. The minimum atomic E-state index is -0.123. The molecule has 1 heterocycles. The average molecular weight is 222 g/mol. The predicted molar refractivity (Wildman–Crippen MR) is 63.7 cm³/mol. The van der Waals surface area contributed by atoms with Gasteiger partial charge in [0.05, 0.1) is 0 Å². The number of rotatable bonds is 4. The second kappa shape index (κ2) is 5.41. The van der Waals surface area contributed by atoms with Gasteiger partial charge >= 0.3 is 0 Å². The van der Waals surface area contributed by atoms with E-state index in [9.17, 15) is 4.39 Å². The van der Waals surface area contributed by atoms with Gasteiger partial charge in [0, 0.05) is 13.1 Å². The number of halogens is 1. The SMILES string of the molecule is CNCc1cc(F)cc(CN2CCCC2)c1. The third kappa shape index (κ3) is 3.03. The summed E-state index contributed by atoms with van der Waals surface area (Å²) in [5.74, 6) is -0.123. The van der Waals surface area contributed by atoms with Crippen LogP contribution < -0.4 is 5.32 Å². The lowest BCUT2D eigenvalue weighted by Gasteiger charge is -2.15. The van der Waals surface area contributed by atoms with Gasteiger partial charge in [0.15, 0.2) is 0 Å². The van der Waals surface area contributed by atoms with E-state index in [-0.39, 0.29) is 5.82 Å². The molecule has 0 unspecified atom stereocenters. The van der Waals surface area contributed by atoms with Crippen LogP contribution in [0.3, 0.4) is 0 Å². The summed E-state index contributed by atoms with van der Waals surface area (Å²) in [7, 11) is 1.88. The summed E-state index contributed by atoms with van der Waals surface area (Å²) in [4.78, 5) is 2.39. The Hall–Kier alpha value is -0.930. The van der Waals surface area contributed by atoms with E-state index in [4.69, 9.17) is 0 Å². The van der Waals surface area contributed by atoms with Crippen molar-refractivity contribution in [2.45, 2.75) is 25.9 Å². The zero-order valence-electron chi connectivity index (χ0n) is 9.80. The molecule has 2 nitrogen and oxygen atoms in total. The van der Waals surface area contributed by atoms with Crippen LogP contribution in [0.1, 0.15) is 24.0 Å². The Morgan fingerprint density at radius 2 is 1.88 bits per heavy atom. The maximum atomic E-state index is 13.4. The van der Waals surface area contributed by atoms with E-state index in [2.05, 4.69) is 16.3 Å². The summed E-state index contributed by atoms with van der Waals surface area (Å²) < 4.78 is 13.4. The highest BCUT2D eigenvalue weighted by Crippen LogP contribution is 2.15. The highest BCUT2D eigenvalue weighted by Gasteiger charge is 2.12. The van der Waals surface area contributed by atoms with E-state index in [1.807, 2.05) is 7.05 Å². The molecule has 16 heavy (non-hydrogen) atoms. The van der Waals surface area contributed by atoms with E-state index >= 15 is 0 Å². The summed E-state index contributed by atoms with van der Waals surface area (Å²) in [6.45, 7) is 3.91. The Kier molecular flexibility index (Phi) is 3.91. The van der Waals surface area contributed by atoms with Crippen LogP contribution in [0.15, 0.2) is 18.2 Å². The molecule has 0 atom stereocenters.